The predicted octanol–water partition coefficient (Wildman–Crippen LogP) is 5.02. The average molecular weight is 484 g/mol. The van der Waals surface area contributed by atoms with E-state index in [1.807, 2.05) is 60.7 Å². The van der Waals surface area contributed by atoms with Crippen molar-refractivity contribution in [2.75, 3.05) is 11.9 Å². The van der Waals surface area contributed by atoms with E-state index in [2.05, 4.69) is 15.9 Å². The molecule has 1 aliphatic rings. The Hall–Kier alpha value is -2.47. The van der Waals surface area contributed by atoms with E-state index in [-0.39, 0.29) is 12.5 Å². The van der Waals surface area contributed by atoms with E-state index in [0.29, 0.717) is 11.4 Å². The Morgan fingerprint density at radius 1 is 1.07 bits per heavy atom. The van der Waals surface area contributed by atoms with Gasteiger partial charge < -0.3 is 10.0 Å². The van der Waals surface area contributed by atoms with Gasteiger partial charge in [-0.2, -0.15) is 0 Å². The molecule has 1 atom stereocenters. The van der Waals surface area contributed by atoms with Crippen LogP contribution in [0, 0.1) is 0 Å². The van der Waals surface area contributed by atoms with Crippen LogP contribution in [0.1, 0.15) is 22.3 Å². The topological polar surface area (TPSA) is 52.9 Å². The van der Waals surface area contributed by atoms with Gasteiger partial charge in [0.15, 0.2) is 0 Å². The van der Waals surface area contributed by atoms with Crippen LogP contribution in [0.15, 0.2) is 76.2 Å². The largest absolute Gasteiger partial charge is 0.392 e. The summed E-state index contributed by atoms with van der Waals surface area (Å²) in [5, 5.41) is 9.96. The number of aliphatic hydroxyl groups excluding tert-OH is 1. The van der Waals surface area contributed by atoms with Crippen molar-refractivity contribution in [1.82, 2.24) is 0 Å². The summed E-state index contributed by atoms with van der Waals surface area (Å²) < 4.78 is 0.966. The summed E-state index contributed by atoms with van der Waals surface area (Å²) in [7, 11) is 1.77. The second-order valence-electron chi connectivity index (χ2n) is 7.24. The number of anilines is 1. The number of amides is 1. The number of carbonyl (C=O) groups is 1. The highest BCUT2D eigenvalue weighted by atomic mass is 79.9. The molecule has 0 aromatic heterocycles. The third-order valence-corrected chi connectivity index (χ3v) is 5.93. The number of benzene rings is 3. The highest BCUT2D eigenvalue weighted by molar-refractivity contribution is 9.10. The average Bonchev–Trinajstić information content (AvgIpc) is 2.84. The zero-order valence-corrected chi connectivity index (χ0v) is 18.7. The molecule has 0 saturated heterocycles. The van der Waals surface area contributed by atoms with E-state index in [4.69, 9.17) is 16.6 Å². The number of hydrogen-bond acceptors (Lipinski definition) is 3. The fraction of sp³-hybridized carbons (Fsp3) is 0.167. The van der Waals surface area contributed by atoms with Gasteiger partial charge in [-0.3, -0.25) is 9.79 Å². The van der Waals surface area contributed by atoms with Gasteiger partial charge in [-0.05, 0) is 41.5 Å². The SMILES string of the molecule is CN1C(=O)C(Cc2cccc(Br)c2)N=C(c2ccc(CO)cc2)c2cc(Cl)ccc21. The van der Waals surface area contributed by atoms with Gasteiger partial charge in [-0.1, -0.05) is 63.9 Å². The zero-order valence-electron chi connectivity index (χ0n) is 16.3. The Bertz CT molecular complexity index is 1130. The number of likely N-dealkylation sites (N-methyl/N-ethyl adjacent to an activating group) is 1. The van der Waals surface area contributed by atoms with E-state index in [9.17, 15) is 9.90 Å². The molecule has 4 rings (SSSR count). The van der Waals surface area contributed by atoms with Crippen LogP contribution in [0.25, 0.3) is 0 Å². The van der Waals surface area contributed by atoms with Crippen LogP contribution in [0.5, 0.6) is 0 Å². The summed E-state index contributed by atoms with van der Waals surface area (Å²) >= 11 is 9.80. The van der Waals surface area contributed by atoms with Crippen LogP contribution in [-0.2, 0) is 17.8 Å². The lowest BCUT2D eigenvalue weighted by Gasteiger charge is -2.20. The first-order valence-corrected chi connectivity index (χ1v) is 10.7. The number of fused-ring (bicyclic) bond motifs is 1. The number of aliphatic hydroxyl groups is 1. The first kappa shape index (κ1) is 20.8. The summed E-state index contributed by atoms with van der Waals surface area (Å²) in [5.41, 5.74) is 5.02. The van der Waals surface area contributed by atoms with Crippen LogP contribution in [0.2, 0.25) is 5.02 Å². The smallest absolute Gasteiger partial charge is 0.251 e. The van der Waals surface area contributed by atoms with Gasteiger partial charge in [-0.15, -0.1) is 0 Å². The minimum Gasteiger partial charge on any atom is -0.392 e. The van der Waals surface area contributed by atoms with E-state index < -0.39 is 6.04 Å². The molecule has 1 heterocycles. The van der Waals surface area contributed by atoms with Crippen molar-refractivity contribution in [3.63, 3.8) is 0 Å². The highest BCUT2D eigenvalue weighted by Gasteiger charge is 2.30. The molecule has 0 fully saturated rings. The number of nitrogens with zero attached hydrogens (tertiary/aromatic N) is 2. The van der Waals surface area contributed by atoms with E-state index in [1.54, 1.807) is 18.0 Å². The summed E-state index contributed by atoms with van der Waals surface area (Å²) in [5.74, 6) is -0.0690. The number of benzodiazepines with no additional fused rings is 1. The maximum absolute atomic E-state index is 13.3. The molecular weight excluding hydrogens is 464 g/mol. The van der Waals surface area contributed by atoms with Gasteiger partial charge in [0, 0.05) is 34.1 Å². The molecule has 0 aliphatic carbocycles. The van der Waals surface area contributed by atoms with Gasteiger partial charge in [0.25, 0.3) is 5.91 Å². The molecule has 0 spiro atoms. The summed E-state index contributed by atoms with van der Waals surface area (Å²) in [6.07, 6.45) is 0.489. The monoisotopic (exact) mass is 482 g/mol. The molecule has 152 valence electrons. The Labute approximate surface area is 189 Å². The van der Waals surface area contributed by atoms with Crippen LogP contribution >= 0.6 is 27.5 Å². The molecular formula is C24H20BrClN2O2. The van der Waals surface area contributed by atoms with Crippen molar-refractivity contribution in [3.05, 3.63) is 98.5 Å². The van der Waals surface area contributed by atoms with Crippen LogP contribution in [0.3, 0.4) is 0 Å². The molecule has 0 radical (unpaired) electrons. The van der Waals surface area contributed by atoms with Crippen molar-refractivity contribution < 1.29 is 9.90 Å². The number of hydrogen-bond donors (Lipinski definition) is 1. The van der Waals surface area contributed by atoms with E-state index in [1.165, 1.54) is 0 Å². The normalized spacial score (nSPS) is 16.1. The van der Waals surface area contributed by atoms with Crippen molar-refractivity contribution in [2.24, 2.45) is 4.99 Å². The molecule has 0 bridgehead atoms. The lowest BCUT2D eigenvalue weighted by atomic mass is 9.99. The molecule has 6 heteroatoms. The molecule has 4 nitrogen and oxygen atoms in total. The molecule has 30 heavy (non-hydrogen) atoms. The second kappa shape index (κ2) is 8.72. The Morgan fingerprint density at radius 3 is 2.53 bits per heavy atom. The maximum Gasteiger partial charge on any atom is 0.251 e. The Kier molecular flexibility index (Phi) is 6.04. The van der Waals surface area contributed by atoms with Gasteiger partial charge in [-0.25, -0.2) is 0 Å². The third kappa shape index (κ3) is 4.19. The fourth-order valence-electron chi connectivity index (χ4n) is 3.63. The van der Waals surface area contributed by atoms with Crippen LogP contribution in [-0.4, -0.2) is 29.8 Å². The minimum absolute atomic E-state index is 0.0259. The Morgan fingerprint density at radius 2 is 1.83 bits per heavy atom. The van der Waals surface area contributed by atoms with Crippen LogP contribution < -0.4 is 4.90 Å². The zero-order chi connectivity index (χ0) is 21.3. The first-order valence-electron chi connectivity index (χ1n) is 9.56. The summed E-state index contributed by atoms with van der Waals surface area (Å²) in [6, 6.07) is 20.4. The Balaban J connectivity index is 1.85. The predicted molar refractivity (Wildman–Crippen MR) is 124 cm³/mol. The van der Waals surface area contributed by atoms with Gasteiger partial charge in [0.05, 0.1) is 18.0 Å². The molecule has 1 aliphatic heterocycles. The molecule has 3 aromatic carbocycles. The van der Waals surface area contributed by atoms with E-state index in [0.717, 1.165) is 38.1 Å². The first-order chi connectivity index (χ1) is 14.5. The van der Waals surface area contributed by atoms with Crippen molar-refractivity contribution in [1.29, 1.82) is 0 Å². The quantitative estimate of drug-likeness (QED) is 0.566. The number of halogens is 2. The lowest BCUT2D eigenvalue weighted by molar-refractivity contribution is -0.119. The van der Waals surface area contributed by atoms with Crippen molar-refractivity contribution in [2.45, 2.75) is 19.1 Å². The highest BCUT2D eigenvalue weighted by Crippen LogP contribution is 2.31. The fourth-order valence-corrected chi connectivity index (χ4v) is 4.25. The number of carbonyl (C=O) groups excluding carboxylic acids is 1. The van der Waals surface area contributed by atoms with Crippen molar-refractivity contribution in [3.8, 4) is 0 Å². The van der Waals surface area contributed by atoms with Gasteiger partial charge in [0.1, 0.15) is 6.04 Å². The van der Waals surface area contributed by atoms with Crippen LogP contribution in [0.4, 0.5) is 5.69 Å². The lowest BCUT2D eigenvalue weighted by Crippen LogP contribution is -2.36. The molecule has 1 amide bonds. The number of aliphatic imine (C=N–C) groups is 1. The van der Waals surface area contributed by atoms with Gasteiger partial charge in [0.2, 0.25) is 0 Å². The standard InChI is InChI=1S/C24H20BrClN2O2/c1-28-22-10-9-19(26)13-20(22)23(17-7-5-15(14-29)6-8-17)27-21(24(28)30)12-16-3-2-4-18(25)11-16/h2-11,13,21,29H,12,14H2,1H3. The van der Waals surface area contributed by atoms with E-state index >= 15 is 0 Å². The minimum atomic E-state index is -0.567. The third-order valence-electron chi connectivity index (χ3n) is 5.20. The van der Waals surface area contributed by atoms with Crippen molar-refractivity contribution >= 4 is 44.8 Å². The number of rotatable bonds is 4. The second-order valence-corrected chi connectivity index (χ2v) is 8.59. The molecule has 0 saturated carbocycles. The summed E-state index contributed by atoms with van der Waals surface area (Å²) in [4.78, 5) is 19.9. The summed E-state index contributed by atoms with van der Waals surface area (Å²) in [6.45, 7) is -0.0259. The van der Waals surface area contributed by atoms with Gasteiger partial charge >= 0.3 is 0 Å². The molecule has 1 N–H and O–H groups in total. The molecule has 3 aromatic rings. The molecule has 1 unspecified atom stereocenters. The maximum atomic E-state index is 13.3.